The SMILES string of the molecule is Cn1cc(-c2cc3nc(N(N)C(=O)OC(C)(C)C)cnc3[nH]2)cn1. The fraction of sp³-hybridized carbons (Fsp3) is 0.333. The summed E-state index contributed by atoms with van der Waals surface area (Å²) in [7, 11) is 1.84. The fourth-order valence-corrected chi connectivity index (χ4v) is 2.13. The predicted octanol–water partition coefficient (Wildman–Crippen LogP) is 1.97. The van der Waals surface area contributed by atoms with Gasteiger partial charge in [0.1, 0.15) is 11.1 Å². The first-order chi connectivity index (χ1) is 11.2. The third-order valence-corrected chi connectivity index (χ3v) is 3.17. The summed E-state index contributed by atoms with van der Waals surface area (Å²) < 4.78 is 6.92. The smallest absolute Gasteiger partial charge is 0.430 e. The summed E-state index contributed by atoms with van der Waals surface area (Å²) in [5.74, 6) is 5.99. The number of carbonyl (C=O) groups is 1. The molecule has 3 N–H and O–H groups in total. The number of hydrogen-bond donors (Lipinski definition) is 2. The zero-order valence-corrected chi connectivity index (χ0v) is 13.9. The number of aryl methyl sites for hydroxylation is 1. The van der Waals surface area contributed by atoms with E-state index in [2.05, 4.69) is 20.1 Å². The first-order valence-electron chi connectivity index (χ1n) is 7.35. The van der Waals surface area contributed by atoms with Gasteiger partial charge in [0.05, 0.1) is 18.1 Å². The van der Waals surface area contributed by atoms with Crippen LogP contribution in [0.15, 0.2) is 24.7 Å². The molecule has 126 valence electrons. The number of amides is 1. The Morgan fingerprint density at radius 2 is 2.12 bits per heavy atom. The van der Waals surface area contributed by atoms with E-state index in [1.807, 2.05) is 19.3 Å². The maximum absolute atomic E-state index is 12.0. The number of fused-ring (bicyclic) bond motifs is 1. The Hall–Kier alpha value is -2.94. The van der Waals surface area contributed by atoms with E-state index >= 15 is 0 Å². The van der Waals surface area contributed by atoms with Crippen LogP contribution < -0.4 is 10.9 Å². The monoisotopic (exact) mass is 329 g/mol. The minimum absolute atomic E-state index is 0.202. The summed E-state index contributed by atoms with van der Waals surface area (Å²) >= 11 is 0. The lowest BCUT2D eigenvalue weighted by Gasteiger charge is -2.23. The number of nitrogens with zero attached hydrogens (tertiary/aromatic N) is 5. The molecule has 3 heterocycles. The molecular weight excluding hydrogens is 310 g/mol. The normalized spacial score (nSPS) is 11.7. The van der Waals surface area contributed by atoms with Crippen LogP contribution >= 0.6 is 0 Å². The molecule has 3 aromatic heterocycles. The van der Waals surface area contributed by atoms with Gasteiger partial charge in [-0.25, -0.2) is 20.6 Å². The van der Waals surface area contributed by atoms with Crippen LogP contribution in [-0.4, -0.2) is 36.4 Å². The Morgan fingerprint density at radius 1 is 1.38 bits per heavy atom. The molecule has 0 bridgehead atoms. The minimum atomic E-state index is -0.695. The predicted molar refractivity (Wildman–Crippen MR) is 89.0 cm³/mol. The zero-order chi connectivity index (χ0) is 17.5. The molecule has 0 aliphatic carbocycles. The lowest BCUT2D eigenvalue weighted by molar-refractivity contribution is 0.0579. The largest absolute Gasteiger partial charge is 0.442 e. The van der Waals surface area contributed by atoms with Crippen LogP contribution in [0.3, 0.4) is 0 Å². The lowest BCUT2D eigenvalue weighted by Crippen LogP contribution is -2.42. The third kappa shape index (κ3) is 3.20. The van der Waals surface area contributed by atoms with Crippen LogP contribution in [0.4, 0.5) is 10.6 Å². The second kappa shape index (κ2) is 5.60. The van der Waals surface area contributed by atoms with E-state index in [1.54, 1.807) is 31.6 Å². The van der Waals surface area contributed by atoms with Gasteiger partial charge in [-0.3, -0.25) is 4.68 Å². The van der Waals surface area contributed by atoms with Crippen LogP contribution in [0.25, 0.3) is 22.4 Å². The molecule has 3 aromatic rings. The Morgan fingerprint density at radius 3 is 2.75 bits per heavy atom. The Bertz CT molecular complexity index is 891. The first-order valence-corrected chi connectivity index (χ1v) is 7.35. The zero-order valence-electron chi connectivity index (χ0n) is 13.9. The lowest BCUT2D eigenvalue weighted by atomic mass is 10.2. The third-order valence-electron chi connectivity index (χ3n) is 3.17. The Kier molecular flexibility index (Phi) is 3.72. The first kappa shape index (κ1) is 15.9. The number of anilines is 1. The Labute approximate surface area is 138 Å². The summed E-state index contributed by atoms with van der Waals surface area (Å²) in [6.07, 6.45) is 4.33. The highest BCUT2D eigenvalue weighted by Gasteiger charge is 2.22. The molecule has 0 unspecified atom stereocenters. The highest BCUT2D eigenvalue weighted by molar-refractivity contribution is 5.87. The maximum atomic E-state index is 12.0. The number of aromatic amines is 1. The van der Waals surface area contributed by atoms with E-state index in [1.165, 1.54) is 6.20 Å². The second-order valence-corrected chi connectivity index (χ2v) is 6.40. The van der Waals surface area contributed by atoms with Gasteiger partial charge in [0, 0.05) is 18.8 Å². The molecule has 0 aromatic carbocycles. The number of H-pyrrole nitrogens is 1. The van der Waals surface area contributed by atoms with Gasteiger partial charge in [-0.2, -0.15) is 10.1 Å². The Balaban J connectivity index is 1.89. The van der Waals surface area contributed by atoms with Crippen molar-refractivity contribution >= 4 is 23.1 Å². The molecule has 9 heteroatoms. The number of rotatable bonds is 2. The summed E-state index contributed by atoms with van der Waals surface area (Å²) in [4.78, 5) is 23.8. The second-order valence-electron chi connectivity index (χ2n) is 6.40. The standard InChI is InChI=1S/C15H19N7O2/c1-15(2,3)24-14(23)22(16)12-7-17-13-11(19-12)5-10(20-13)9-6-18-21(4)8-9/h5-8H,16H2,1-4H3,(H,17,20). The maximum Gasteiger partial charge on any atom is 0.430 e. The van der Waals surface area contributed by atoms with Crippen LogP contribution in [0.2, 0.25) is 0 Å². The van der Waals surface area contributed by atoms with Crippen LogP contribution in [0.1, 0.15) is 20.8 Å². The molecule has 0 radical (unpaired) electrons. The number of ether oxygens (including phenoxy) is 1. The van der Waals surface area contributed by atoms with Gasteiger partial charge in [-0.1, -0.05) is 0 Å². The molecule has 0 fully saturated rings. The van der Waals surface area contributed by atoms with Crippen molar-refractivity contribution in [3.63, 3.8) is 0 Å². The van der Waals surface area contributed by atoms with Crippen molar-refractivity contribution in [2.24, 2.45) is 12.9 Å². The number of carbonyl (C=O) groups excluding carboxylic acids is 1. The number of hydrazine groups is 1. The fourth-order valence-electron chi connectivity index (χ4n) is 2.13. The van der Waals surface area contributed by atoms with E-state index in [0.717, 1.165) is 16.3 Å². The van der Waals surface area contributed by atoms with Gasteiger partial charge in [0.2, 0.25) is 0 Å². The van der Waals surface area contributed by atoms with Gasteiger partial charge in [0.25, 0.3) is 0 Å². The number of nitrogens with one attached hydrogen (secondary N) is 1. The van der Waals surface area contributed by atoms with E-state index in [4.69, 9.17) is 10.6 Å². The molecule has 3 rings (SSSR count). The quantitative estimate of drug-likeness (QED) is 0.422. The topological polar surface area (TPSA) is 115 Å². The van der Waals surface area contributed by atoms with Crippen molar-refractivity contribution in [3.05, 3.63) is 24.7 Å². The van der Waals surface area contributed by atoms with E-state index < -0.39 is 11.7 Å². The molecule has 1 amide bonds. The van der Waals surface area contributed by atoms with Crippen molar-refractivity contribution in [1.82, 2.24) is 24.7 Å². The summed E-state index contributed by atoms with van der Waals surface area (Å²) in [6, 6.07) is 1.83. The van der Waals surface area contributed by atoms with Gasteiger partial charge in [-0.05, 0) is 26.8 Å². The van der Waals surface area contributed by atoms with E-state index in [0.29, 0.717) is 11.2 Å². The molecule has 0 atom stereocenters. The molecule has 0 aliphatic rings. The molecule has 0 saturated heterocycles. The van der Waals surface area contributed by atoms with E-state index in [9.17, 15) is 4.79 Å². The summed E-state index contributed by atoms with van der Waals surface area (Å²) in [5, 5.41) is 4.97. The summed E-state index contributed by atoms with van der Waals surface area (Å²) in [6.45, 7) is 5.29. The van der Waals surface area contributed by atoms with Crippen LogP contribution in [0, 0.1) is 0 Å². The van der Waals surface area contributed by atoms with Gasteiger partial charge < -0.3 is 9.72 Å². The molecular formula is C15H19N7O2. The average molecular weight is 329 g/mol. The minimum Gasteiger partial charge on any atom is -0.442 e. The highest BCUT2D eigenvalue weighted by Crippen LogP contribution is 2.23. The van der Waals surface area contributed by atoms with E-state index in [-0.39, 0.29) is 5.82 Å². The van der Waals surface area contributed by atoms with Crippen molar-refractivity contribution in [3.8, 4) is 11.3 Å². The molecule has 0 spiro atoms. The van der Waals surface area contributed by atoms with Crippen molar-refractivity contribution in [2.75, 3.05) is 5.01 Å². The molecule has 9 nitrogen and oxygen atoms in total. The highest BCUT2D eigenvalue weighted by atomic mass is 16.6. The molecule has 24 heavy (non-hydrogen) atoms. The number of nitrogens with two attached hydrogens (primary N) is 1. The van der Waals surface area contributed by atoms with Gasteiger partial charge in [-0.15, -0.1) is 0 Å². The number of aromatic nitrogens is 5. The average Bonchev–Trinajstić information content (AvgIpc) is 3.09. The summed E-state index contributed by atoms with van der Waals surface area (Å²) in [5.41, 5.74) is 2.28. The molecule has 0 aliphatic heterocycles. The van der Waals surface area contributed by atoms with Crippen molar-refractivity contribution in [2.45, 2.75) is 26.4 Å². The van der Waals surface area contributed by atoms with Crippen LogP contribution in [-0.2, 0) is 11.8 Å². The molecule has 0 saturated carbocycles. The number of hydrogen-bond acceptors (Lipinski definition) is 6. The van der Waals surface area contributed by atoms with Gasteiger partial charge >= 0.3 is 6.09 Å². The van der Waals surface area contributed by atoms with Crippen LogP contribution in [0.5, 0.6) is 0 Å². The van der Waals surface area contributed by atoms with Gasteiger partial charge in [0.15, 0.2) is 11.5 Å². The van der Waals surface area contributed by atoms with Crippen molar-refractivity contribution < 1.29 is 9.53 Å². The van der Waals surface area contributed by atoms with Crippen molar-refractivity contribution in [1.29, 1.82) is 0 Å².